The average molecular weight is 471 g/mol. The zero-order valence-corrected chi connectivity index (χ0v) is 18.0. The lowest BCUT2D eigenvalue weighted by Crippen LogP contribution is -2.43. The first-order valence-electron chi connectivity index (χ1n) is 10.1. The largest absolute Gasteiger partial charge is 0.417 e. The van der Waals surface area contributed by atoms with Gasteiger partial charge in [-0.15, -0.1) is 0 Å². The van der Waals surface area contributed by atoms with Crippen molar-refractivity contribution in [2.24, 2.45) is 10.2 Å². The van der Waals surface area contributed by atoms with Gasteiger partial charge in [-0.05, 0) is 55.8 Å². The van der Waals surface area contributed by atoms with Gasteiger partial charge >= 0.3 is 12.2 Å². The van der Waals surface area contributed by atoms with Crippen LogP contribution in [-0.4, -0.2) is 28.9 Å². The molecule has 7 nitrogen and oxygen atoms in total. The molecule has 34 heavy (non-hydrogen) atoms. The molecule has 0 aliphatic carbocycles. The van der Waals surface area contributed by atoms with Crippen LogP contribution >= 0.6 is 0 Å². The van der Waals surface area contributed by atoms with E-state index >= 15 is 0 Å². The second kappa shape index (κ2) is 8.06. The molecule has 2 aliphatic rings. The van der Waals surface area contributed by atoms with Crippen molar-refractivity contribution in [2.75, 3.05) is 11.4 Å². The molecule has 174 valence electrons. The third-order valence-corrected chi connectivity index (χ3v) is 5.71. The summed E-state index contributed by atoms with van der Waals surface area (Å²) in [5, 5.41) is 16.6. The summed E-state index contributed by atoms with van der Waals surface area (Å²) in [4.78, 5) is 28.0. The van der Waals surface area contributed by atoms with E-state index in [4.69, 9.17) is 5.26 Å². The number of hydrogen-bond donors (Lipinski definition) is 0. The van der Waals surface area contributed by atoms with Gasteiger partial charge in [0.2, 0.25) is 0 Å². The van der Waals surface area contributed by atoms with Crippen LogP contribution in [0.4, 0.5) is 28.0 Å². The fourth-order valence-electron chi connectivity index (χ4n) is 3.83. The van der Waals surface area contributed by atoms with Gasteiger partial charge in [0.05, 0.1) is 35.1 Å². The lowest BCUT2D eigenvalue weighted by molar-refractivity contribution is -0.137. The molecule has 2 heterocycles. The number of azo groups is 1. The van der Waals surface area contributed by atoms with Crippen LogP contribution in [0, 0.1) is 17.1 Å². The number of amides is 3. The first-order chi connectivity index (χ1) is 15.9. The molecule has 0 saturated carbocycles. The Morgan fingerprint density at radius 3 is 2.47 bits per heavy atom. The number of halogens is 4. The minimum atomic E-state index is -4.85. The Bertz CT molecular complexity index is 1310. The van der Waals surface area contributed by atoms with E-state index in [0.717, 1.165) is 17.0 Å². The van der Waals surface area contributed by atoms with Crippen LogP contribution in [0.25, 0.3) is 5.70 Å². The average Bonchev–Trinajstić information content (AvgIpc) is 3.35. The van der Waals surface area contributed by atoms with Gasteiger partial charge in [-0.2, -0.15) is 28.7 Å². The quantitative estimate of drug-likeness (QED) is 0.450. The Morgan fingerprint density at radius 2 is 1.88 bits per heavy atom. The molecule has 2 aromatic carbocycles. The van der Waals surface area contributed by atoms with Crippen LogP contribution in [0.15, 0.2) is 52.7 Å². The number of imide groups is 1. The van der Waals surface area contributed by atoms with Gasteiger partial charge in [-0.1, -0.05) is 6.07 Å². The number of urea groups is 1. The van der Waals surface area contributed by atoms with Gasteiger partial charge in [-0.3, -0.25) is 4.79 Å². The highest BCUT2D eigenvalue weighted by atomic mass is 19.4. The molecule has 0 atom stereocenters. The fraction of sp³-hybridized carbons (Fsp3) is 0.261. The van der Waals surface area contributed by atoms with Crippen LogP contribution in [-0.2, 0) is 17.5 Å². The first kappa shape index (κ1) is 23.1. The van der Waals surface area contributed by atoms with Crippen molar-refractivity contribution in [3.8, 4) is 6.07 Å². The Balaban J connectivity index is 1.66. The predicted molar refractivity (Wildman–Crippen MR) is 113 cm³/mol. The van der Waals surface area contributed by atoms with E-state index in [1.807, 2.05) is 0 Å². The molecule has 0 spiro atoms. The molecular weight excluding hydrogens is 454 g/mol. The third kappa shape index (κ3) is 3.81. The minimum Gasteiger partial charge on any atom is -0.305 e. The van der Waals surface area contributed by atoms with Crippen LogP contribution in [0.3, 0.4) is 0 Å². The van der Waals surface area contributed by atoms with Crippen molar-refractivity contribution in [1.29, 1.82) is 5.26 Å². The molecule has 0 aromatic heterocycles. The van der Waals surface area contributed by atoms with E-state index in [1.54, 1.807) is 12.1 Å². The van der Waals surface area contributed by atoms with Crippen LogP contribution in [0.2, 0.25) is 0 Å². The van der Waals surface area contributed by atoms with E-state index in [-0.39, 0.29) is 17.8 Å². The monoisotopic (exact) mass is 471 g/mol. The molecule has 0 radical (unpaired) electrons. The third-order valence-electron chi connectivity index (χ3n) is 5.71. The number of nitrogens with zero attached hydrogens (tertiary/aromatic N) is 5. The van der Waals surface area contributed by atoms with E-state index in [0.29, 0.717) is 28.8 Å². The SMILES string of the molecule is CC1(C)C(=O)N(c2ccc(C#N)c(C(F)(F)F)c2)C(=O)N1Cc1ccc(C2=CCN=N2)c(F)c1. The normalized spacial score (nSPS) is 17.4. The Hall–Kier alpha value is -4.07. The zero-order chi connectivity index (χ0) is 24.8. The van der Waals surface area contributed by atoms with Crippen molar-refractivity contribution >= 4 is 23.3 Å². The van der Waals surface area contributed by atoms with Gasteiger partial charge in [0.25, 0.3) is 5.91 Å². The standard InChI is InChI=1S/C23H17F4N5O2/c1-22(2)20(33)32(15-5-4-14(11-28)17(10-15)23(25,26)27)21(34)31(22)12-13-3-6-16(18(24)9-13)19-7-8-29-30-19/h3-7,9-10H,8,12H2,1-2H3. The molecule has 4 rings (SSSR count). The number of hydrogen-bond acceptors (Lipinski definition) is 5. The summed E-state index contributed by atoms with van der Waals surface area (Å²) in [6, 6.07) is 7.51. The zero-order valence-electron chi connectivity index (χ0n) is 18.0. The number of rotatable bonds is 4. The summed E-state index contributed by atoms with van der Waals surface area (Å²) in [7, 11) is 0. The molecule has 2 aliphatic heterocycles. The van der Waals surface area contributed by atoms with Crippen LogP contribution in [0.1, 0.15) is 36.1 Å². The molecule has 2 aromatic rings. The lowest BCUT2D eigenvalue weighted by atomic mass is 10.0. The maximum atomic E-state index is 14.7. The van der Waals surface area contributed by atoms with Gasteiger partial charge in [0.1, 0.15) is 11.4 Å². The van der Waals surface area contributed by atoms with Crippen LogP contribution < -0.4 is 4.90 Å². The van der Waals surface area contributed by atoms with Crippen molar-refractivity contribution in [1.82, 2.24) is 4.90 Å². The molecule has 0 unspecified atom stereocenters. The smallest absolute Gasteiger partial charge is 0.305 e. The van der Waals surface area contributed by atoms with E-state index < -0.39 is 40.6 Å². The second-order valence-corrected chi connectivity index (χ2v) is 8.24. The van der Waals surface area contributed by atoms with Gasteiger partial charge < -0.3 is 4.90 Å². The Labute approximate surface area is 191 Å². The lowest BCUT2D eigenvalue weighted by Gasteiger charge is -2.27. The summed E-state index contributed by atoms with van der Waals surface area (Å²) in [6.07, 6.45) is -3.19. The number of nitriles is 1. The van der Waals surface area contributed by atoms with Gasteiger partial charge in [0.15, 0.2) is 0 Å². The van der Waals surface area contributed by atoms with Gasteiger partial charge in [-0.25, -0.2) is 14.1 Å². The highest BCUT2D eigenvalue weighted by Crippen LogP contribution is 2.38. The molecule has 1 saturated heterocycles. The van der Waals surface area contributed by atoms with Gasteiger partial charge in [0, 0.05) is 12.1 Å². The highest BCUT2D eigenvalue weighted by Gasteiger charge is 2.52. The van der Waals surface area contributed by atoms with E-state index in [1.165, 1.54) is 32.0 Å². The summed E-state index contributed by atoms with van der Waals surface area (Å²) in [5.41, 5.74) is -2.59. The number of benzene rings is 2. The molecule has 0 N–H and O–H groups in total. The predicted octanol–water partition coefficient (Wildman–Crippen LogP) is 5.27. The molecule has 11 heteroatoms. The topological polar surface area (TPSA) is 89.1 Å². The maximum Gasteiger partial charge on any atom is 0.417 e. The van der Waals surface area contributed by atoms with Crippen molar-refractivity contribution in [3.05, 3.63) is 70.5 Å². The number of anilines is 1. The number of carbonyl (C=O) groups is 2. The summed E-state index contributed by atoms with van der Waals surface area (Å²) >= 11 is 0. The van der Waals surface area contributed by atoms with Crippen LogP contribution in [0.5, 0.6) is 0 Å². The van der Waals surface area contributed by atoms with Crippen molar-refractivity contribution in [2.45, 2.75) is 32.1 Å². The molecule has 1 fully saturated rings. The minimum absolute atomic E-state index is 0.158. The molecule has 0 bridgehead atoms. The Morgan fingerprint density at radius 1 is 1.15 bits per heavy atom. The molecular formula is C23H17F4N5O2. The number of alkyl halides is 3. The molecule has 3 amide bonds. The summed E-state index contributed by atoms with van der Waals surface area (Å²) < 4.78 is 54.8. The second-order valence-electron chi connectivity index (χ2n) is 8.24. The van der Waals surface area contributed by atoms with Crippen molar-refractivity contribution in [3.63, 3.8) is 0 Å². The maximum absolute atomic E-state index is 14.7. The van der Waals surface area contributed by atoms with Crippen molar-refractivity contribution < 1.29 is 27.2 Å². The summed E-state index contributed by atoms with van der Waals surface area (Å²) in [5.74, 6) is -1.33. The first-order valence-corrected chi connectivity index (χ1v) is 10.1. The number of carbonyl (C=O) groups excluding carboxylic acids is 2. The van der Waals surface area contributed by atoms with E-state index in [9.17, 15) is 27.2 Å². The highest BCUT2D eigenvalue weighted by molar-refractivity contribution is 6.23. The Kier molecular flexibility index (Phi) is 5.47. The fourth-order valence-corrected chi connectivity index (χ4v) is 3.83. The summed E-state index contributed by atoms with van der Waals surface area (Å²) in [6.45, 7) is 3.11. The van der Waals surface area contributed by atoms with E-state index in [2.05, 4.69) is 10.2 Å².